The van der Waals surface area contributed by atoms with Gasteiger partial charge in [0.1, 0.15) is 11.6 Å². The van der Waals surface area contributed by atoms with Crippen molar-refractivity contribution in [2.24, 2.45) is 0 Å². The van der Waals surface area contributed by atoms with Crippen LogP contribution >= 0.6 is 11.6 Å². The van der Waals surface area contributed by atoms with Gasteiger partial charge < -0.3 is 10.5 Å². The lowest BCUT2D eigenvalue weighted by molar-refractivity contribution is 0.415. The first kappa shape index (κ1) is 11.7. The molecular weight excluding hydrogens is 238 g/mol. The van der Waals surface area contributed by atoms with E-state index in [-0.39, 0.29) is 0 Å². The molecule has 0 spiro atoms. The molecule has 0 saturated carbocycles. The molecule has 0 saturated heterocycles. The molecule has 0 atom stereocenters. The summed E-state index contributed by atoms with van der Waals surface area (Å²) in [6.45, 7) is 1.88. The fraction of sp³-hybridized carbons (Fsp3) is 0.167. The van der Waals surface area contributed by atoms with E-state index in [0.717, 1.165) is 11.1 Å². The molecule has 1 heterocycles. The molecule has 2 rings (SSSR count). The van der Waals surface area contributed by atoms with Crippen LogP contribution in [0.4, 0.5) is 5.82 Å². The van der Waals surface area contributed by atoms with Gasteiger partial charge in [0.25, 0.3) is 0 Å². The van der Waals surface area contributed by atoms with Gasteiger partial charge in [-0.05, 0) is 36.8 Å². The molecule has 0 aliphatic heterocycles. The van der Waals surface area contributed by atoms with Gasteiger partial charge in [-0.15, -0.1) is 10.2 Å². The van der Waals surface area contributed by atoms with E-state index in [4.69, 9.17) is 22.1 Å². The summed E-state index contributed by atoms with van der Waals surface area (Å²) in [5.41, 5.74) is 8.01. The number of benzene rings is 1. The number of hydrogen-bond acceptors (Lipinski definition) is 4. The van der Waals surface area contributed by atoms with Crippen molar-refractivity contribution in [2.75, 3.05) is 12.8 Å². The molecule has 0 bridgehead atoms. The second-order valence-corrected chi connectivity index (χ2v) is 4.05. The molecule has 0 aliphatic carbocycles. The number of nitrogen functional groups attached to an aromatic ring is 1. The second kappa shape index (κ2) is 4.59. The zero-order chi connectivity index (χ0) is 12.4. The van der Waals surface area contributed by atoms with Crippen LogP contribution in [0.15, 0.2) is 24.3 Å². The minimum atomic E-state index is 0.429. The minimum absolute atomic E-state index is 0.429. The first-order valence-electron chi connectivity index (χ1n) is 5.05. The summed E-state index contributed by atoms with van der Waals surface area (Å²) in [7, 11) is 1.60. The van der Waals surface area contributed by atoms with Crippen molar-refractivity contribution < 1.29 is 4.74 Å². The van der Waals surface area contributed by atoms with Crippen molar-refractivity contribution in [3.05, 3.63) is 34.9 Å². The highest BCUT2D eigenvalue weighted by Gasteiger charge is 2.08. The van der Waals surface area contributed by atoms with E-state index < -0.39 is 0 Å². The molecule has 2 N–H and O–H groups in total. The predicted octanol–water partition coefficient (Wildman–Crippen LogP) is 2.70. The van der Waals surface area contributed by atoms with Crippen molar-refractivity contribution in [3.8, 4) is 17.0 Å². The van der Waals surface area contributed by atoms with Crippen LogP contribution in [0.1, 0.15) is 5.56 Å². The average molecular weight is 250 g/mol. The minimum Gasteiger partial charge on any atom is -0.497 e. The molecule has 4 nitrogen and oxygen atoms in total. The Kier molecular flexibility index (Phi) is 3.15. The van der Waals surface area contributed by atoms with E-state index in [1.807, 2.05) is 25.1 Å². The highest BCUT2D eigenvalue weighted by Crippen LogP contribution is 2.30. The van der Waals surface area contributed by atoms with E-state index in [1.54, 1.807) is 13.2 Å². The van der Waals surface area contributed by atoms with Gasteiger partial charge in [0.2, 0.25) is 0 Å². The van der Waals surface area contributed by atoms with Gasteiger partial charge in [-0.25, -0.2) is 0 Å². The summed E-state index contributed by atoms with van der Waals surface area (Å²) in [6, 6.07) is 7.27. The third-order valence-electron chi connectivity index (χ3n) is 2.47. The first-order chi connectivity index (χ1) is 8.11. The summed E-state index contributed by atoms with van der Waals surface area (Å²) in [4.78, 5) is 0. The molecule has 1 aromatic heterocycles. The van der Waals surface area contributed by atoms with Gasteiger partial charge in [0.15, 0.2) is 0 Å². The van der Waals surface area contributed by atoms with Gasteiger partial charge in [-0.1, -0.05) is 11.6 Å². The standard InChI is InChI=1S/C12H12ClN3O/c1-7-5-11(15-16-12(7)14)9-4-3-8(17-2)6-10(9)13/h3-6H,1-2H3,(H2,14,16). The SMILES string of the molecule is COc1ccc(-c2cc(C)c(N)nn2)c(Cl)c1. The van der Waals surface area contributed by atoms with Crippen molar-refractivity contribution >= 4 is 17.4 Å². The summed E-state index contributed by atoms with van der Waals surface area (Å²) >= 11 is 6.16. The number of nitrogens with zero attached hydrogens (tertiary/aromatic N) is 2. The largest absolute Gasteiger partial charge is 0.497 e. The highest BCUT2D eigenvalue weighted by molar-refractivity contribution is 6.33. The van der Waals surface area contributed by atoms with Crippen molar-refractivity contribution in [3.63, 3.8) is 0 Å². The Balaban J connectivity index is 2.49. The summed E-state index contributed by atoms with van der Waals surface area (Å²) in [5, 5.41) is 8.47. The zero-order valence-corrected chi connectivity index (χ0v) is 10.3. The molecule has 0 amide bonds. The molecule has 17 heavy (non-hydrogen) atoms. The molecule has 0 aliphatic rings. The molecule has 0 unspecified atom stereocenters. The van der Waals surface area contributed by atoms with Gasteiger partial charge in [0, 0.05) is 5.56 Å². The van der Waals surface area contributed by atoms with Crippen LogP contribution in [0.5, 0.6) is 5.75 Å². The normalized spacial score (nSPS) is 10.3. The molecule has 5 heteroatoms. The maximum absolute atomic E-state index is 6.16. The lowest BCUT2D eigenvalue weighted by Crippen LogP contribution is -1.98. The van der Waals surface area contributed by atoms with Gasteiger partial charge >= 0.3 is 0 Å². The van der Waals surface area contributed by atoms with E-state index in [0.29, 0.717) is 22.3 Å². The number of aromatic nitrogens is 2. The lowest BCUT2D eigenvalue weighted by atomic mass is 10.1. The van der Waals surface area contributed by atoms with Crippen LogP contribution in [-0.4, -0.2) is 17.3 Å². The lowest BCUT2D eigenvalue weighted by Gasteiger charge is -2.07. The van der Waals surface area contributed by atoms with Crippen molar-refractivity contribution in [2.45, 2.75) is 6.92 Å². The number of aryl methyl sites for hydroxylation is 1. The fourth-order valence-electron chi connectivity index (χ4n) is 1.46. The molecule has 2 aromatic rings. The fourth-order valence-corrected chi connectivity index (χ4v) is 1.72. The molecule has 0 radical (unpaired) electrons. The second-order valence-electron chi connectivity index (χ2n) is 3.64. The Hall–Kier alpha value is -1.81. The zero-order valence-electron chi connectivity index (χ0n) is 9.57. The quantitative estimate of drug-likeness (QED) is 0.889. The van der Waals surface area contributed by atoms with E-state index in [9.17, 15) is 0 Å². The number of hydrogen-bond donors (Lipinski definition) is 1. The average Bonchev–Trinajstić information content (AvgIpc) is 2.32. The van der Waals surface area contributed by atoms with Gasteiger partial charge in [-0.2, -0.15) is 0 Å². The summed E-state index contributed by atoms with van der Waals surface area (Å²) in [6.07, 6.45) is 0. The smallest absolute Gasteiger partial charge is 0.149 e. The van der Waals surface area contributed by atoms with Crippen LogP contribution < -0.4 is 10.5 Å². The Bertz CT molecular complexity index is 557. The number of ether oxygens (including phenoxy) is 1. The Morgan fingerprint density at radius 1 is 1.24 bits per heavy atom. The Morgan fingerprint density at radius 2 is 2.00 bits per heavy atom. The van der Waals surface area contributed by atoms with Crippen molar-refractivity contribution in [1.29, 1.82) is 0 Å². The topological polar surface area (TPSA) is 61.0 Å². The Morgan fingerprint density at radius 3 is 2.59 bits per heavy atom. The van der Waals surface area contributed by atoms with Gasteiger partial charge in [-0.3, -0.25) is 0 Å². The van der Waals surface area contributed by atoms with Crippen LogP contribution in [0.2, 0.25) is 5.02 Å². The number of anilines is 1. The van der Waals surface area contributed by atoms with Crippen molar-refractivity contribution in [1.82, 2.24) is 10.2 Å². The van der Waals surface area contributed by atoms with E-state index in [1.165, 1.54) is 0 Å². The van der Waals surface area contributed by atoms with Gasteiger partial charge in [0.05, 0.1) is 17.8 Å². The molecule has 1 aromatic carbocycles. The molecule has 0 fully saturated rings. The predicted molar refractivity (Wildman–Crippen MR) is 68.2 cm³/mol. The van der Waals surface area contributed by atoms with Crippen LogP contribution in [0.3, 0.4) is 0 Å². The van der Waals surface area contributed by atoms with Crippen LogP contribution in [0.25, 0.3) is 11.3 Å². The summed E-state index contributed by atoms with van der Waals surface area (Å²) in [5.74, 6) is 1.14. The summed E-state index contributed by atoms with van der Waals surface area (Å²) < 4.78 is 5.09. The Labute approximate surface area is 104 Å². The third-order valence-corrected chi connectivity index (χ3v) is 2.79. The number of halogens is 1. The van der Waals surface area contributed by atoms with E-state index in [2.05, 4.69) is 10.2 Å². The number of nitrogens with two attached hydrogens (primary N) is 1. The monoisotopic (exact) mass is 249 g/mol. The van der Waals surface area contributed by atoms with E-state index >= 15 is 0 Å². The highest BCUT2D eigenvalue weighted by atomic mass is 35.5. The molecular formula is C12H12ClN3O. The van der Waals surface area contributed by atoms with Crippen LogP contribution in [0, 0.1) is 6.92 Å². The number of rotatable bonds is 2. The maximum Gasteiger partial charge on any atom is 0.149 e. The van der Waals surface area contributed by atoms with Crippen LogP contribution in [-0.2, 0) is 0 Å². The third kappa shape index (κ3) is 2.31. The number of methoxy groups -OCH3 is 1. The molecule has 88 valence electrons. The first-order valence-corrected chi connectivity index (χ1v) is 5.43. The maximum atomic E-state index is 6.16.